The molecule has 3 atom stereocenters. The molecule has 2 aromatic carbocycles. The highest BCUT2D eigenvalue weighted by molar-refractivity contribution is 5.65. The average molecular weight is 324 g/mol. The van der Waals surface area contributed by atoms with Crippen molar-refractivity contribution in [2.45, 2.75) is 32.1 Å². The molecule has 0 aliphatic heterocycles. The lowest BCUT2D eigenvalue weighted by Crippen LogP contribution is -2.36. The van der Waals surface area contributed by atoms with Crippen LogP contribution in [-0.2, 0) is 9.53 Å². The van der Waals surface area contributed by atoms with E-state index in [1.807, 2.05) is 12.1 Å². The first-order valence-electron chi connectivity index (χ1n) is 8.42. The molecule has 0 unspecified atom stereocenters. The second-order valence-electron chi connectivity index (χ2n) is 6.61. The summed E-state index contributed by atoms with van der Waals surface area (Å²) in [5.41, 5.74) is 3.92. The standard InChI is InChI=1S/C21H24O3/c1-14-4-6-16(7-5-14)20-12-18(13-24-15(2)22)21(20)17-8-10-19(23-3)11-9-17/h4-11,18,20-21H,12-13H2,1-3H3/t18-,20+,21-/m0/s1. The Kier molecular flexibility index (Phi) is 4.89. The third kappa shape index (κ3) is 3.45. The Morgan fingerprint density at radius 3 is 2.25 bits per heavy atom. The first-order valence-corrected chi connectivity index (χ1v) is 8.42. The van der Waals surface area contributed by atoms with Crippen LogP contribution in [0, 0.1) is 12.8 Å². The van der Waals surface area contributed by atoms with Crippen LogP contribution in [0.4, 0.5) is 0 Å². The van der Waals surface area contributed by atoms with Crippen molar-refractivity contribution in [1.82, 2.24) is 0 Å². The Morgan fingerprint density at radius 1 is 1.04 bits per heavy atom. The normalized spacial score (nSPS) is 22.5. The van der Waals surface area contributed by atoms with E-state index in [-0.39, 0.29) is 5.97 Å². The van der Waals surface area contributed by atoms with Gasteiger partial charge in [0.25, 0.3) is 0 Å². The van der Waals surface area contributed by atoms with E-state index in [9.17, 15) is 4.79 Å². The summed E-state index contributed by atoms with van der Waals surface area (Å²) >= 11 is 0. The Labute approximate surface area is 143 Å². The van der Waals surface area contributed by atoms with E-state index in [0.29, 0.717) is 24.4 Å². The van der Waals surface area contributed by atoms with E-state index < -0.39 is 0 Å². The van der Waals surface area contributed by atoms with Gasteiger partial charge in [-0.25, -0.2) is 0 Å². The van der Waals surface area contributed by atoms with Crippen LogP contribution < -0.4 is 4.74 Å². The highest BCUT2D eigenvalue weighted by atomic mass is 16.5. The number of hydrogen-bond acceptors (Lipinski definition) is 3. The molecule has 0 spiro atoms. The number of hydrogen-bond donors (Lipinski definition) is 0. The van der Waals surface area contributed by atoms with Gasteiger partial charge >= 0.3 is 5.97 Å². The molecule has 0 saturated heterocycles. The fourth-order valence-corrected chi connectivity index (χ4v) is 3.64. The number of aryl methyl sites for hydroxylation is 1. The molecule has 0 radical (unpaired) electrons. The first kappa shape index (κ1) is 16.6. The molecule has 0 aromatic heterocycles. The van der Waals surface area contributed by atoms with Gasteiger partial charge in [-0.15, -0.1) is 0 Å². The monoisotopic (exact) mass is 324 g/mol. The van der Waals surface area contributed by atoms with E-state index in [4.69, 9.17) is 9.47 Å². The van der Waals surface area contributed by atoms with Crippen molar-refractivity contribution >= 4 is 5.97 Å². The number of carbonyl (C=O) groups excluding carboxylic acids is 1. The third-order valence-electron chi connectivity index (χ3n) is 5.00. The molecule has 2 aromatic rings. The molecular weight excluding hydrogens is 300 g/mol. The lowest BCUT2D eigenvalue weighted by molar-refractivity contribution is -0.143. The molecule has 1 fully saturated rings. The number of rotatable bonds is 5. The van der Waals surface area contributed by atoms with Gasteiger partial charge in [-0.2, -0.15) is 0 Å². The summed E-state index contributed by atoms with van der Waals surface area (Å²) in [6, 6.07) is 17.0. The maximum absolute atomic E-state index is 11.2. The van der Waals surface area contributed by atoms with Crippen LogP contribution in [0.1, 0.15) is 41.9 Å². The average Bonchev–Trinajstić information content (AvgIpc) is 2.56. The maximum Gasteiger partial charge on any atom is 0.302 e. The maximum atomic E-state index is 11.2. The van der Waals surface area contributed by atoms with Crippen LogP contribution in [0.25, 0.3) is 0 Å². The summed E-state index contributed by atoms with van der Waals surface area (Å²) < 4.78 is 10.5. The van der Waals surface area contributed by atoms with Gasteiger partial charge in [0.05, 0.1) is 13.7 Å². The van der Waals surface area contributed by atoms with E-state index in [2.05, 4.69) is 43.3 Å². The molecule has 0 heterocycles. The predicted molar refractivity (Wildman–Crippen MR) is 94.4 cm³/mol. The summed E-state index contributed by atoms with van der Waals surface area (Å²) in [6.45, 7) is 4.07. The van der Waals surface area contributed by atoms with Gasteiger partial charge in [-0.1, -0.05) is 42.0 Å². The van der Waals surface area contributed by atoms with Crippen LogP contribution >= 0.6 is 0 Å². The Bertz CT molecular complexity index is 688. The second kappa shape index (κ2) is 7.08. The van der Waals surface area contributed by atoms with Crippen molar-refractivity contribution in [3.05, 3.63) is 65.2 Å². The molecular formula is C21H24O3. The topological polar surface area (TPSA) is 35.5 Å². The quantitative estimate of drug-likeness (QED) is 0.762. The smallest absolute Gasteiger partial charge is 0.302 e. The summed E-state index contributed by atoms with van der Waals surface area (Å²) in [4.78, 5) is 11.2. The van der Waals surface area contributed by atoms with Gasteiger partial charge in [0, 0.05) is 12.8 Å². The second-order valence-corrected chi connectivity index (χ2v) is 6.61. The Hall–Kier alpha value is -2.29. The summed E-state index contributed by atoms with van der Waals surface area (Å²) in [5, 5.41) is 0. The van der Waals surface area contributed by atoms with Gasteiger partial charge in [0.1, 0.15) is 5.75 Å². The van der Waals surface area contributed by atoms with E-state index in [1.165, 1.54) is 23.6 Å². The van der Waals surface area contributed by atoms with Gasteiger partial charge in [-0.05, 0) is 48.4 Å². The first-order chi connectivity index (χ1) is 11.6. The highest BCUT2D eigenvalue weighted by Crippen LogP contribution is 2.53. The Morgan fingerprint density at radius 2 is 1.67 bits per heavy atom. The van der Waals surface area contributed by atoms with Crippen LogP contribution in [0.5, 0.6) is 5.75 Å². The SMILES string of the molecule is COc1ccc([C@H]2[C@H](COC(C)=O)C[C@@H]2c2ccc(C)cc2)cc1. The number of benzene rings is 2. The van der Waals surface area contributed by atoms with E-state index in [1.54, 1.807) is 7.11 Å². The van der Waals surface area contributed by atoms with Gasteiger partial charge in [0.2, 0.25) is 0 Å². The fraction of sp³-hybridized carbons (Fsp3) is 0.381. The minimum Gasteiger partial charge on any atom is -0.497 e. The van der Waals surface area contributed by atoms with Crippen LogP contribution in [0.15, 0.2) is 48.5 Å². The Balaban J connectivity index is 1.83. The van der Waals surface area contributed by atoms with Crippen molar-refractivity contribution in [2.75, 3.05) is 13.7 Å². The number of carbonyl (C=O) groups is 1. The molecule has 0 bridgehead atoms. The largest absolute Gasteiger partial charge is 0.497 e. The molecule has 24 heavy (non-hydrogen) atoms. The zero-order valence-corrected chi connectivity index (χ0v) is 14.5. The minimum atomic E-state index is -0.206. The molecule has 126 valence electrons. The zero-order chi connectivity index (χ0) is 17.1. The molecule has 3 heteroatoms. The highest BCUT2D eigenvalue weighted by Gasteiger charge is 2.43. The fourth-order valence-electron chi connectivity index (χ4n) is 3.64. The lowest BCUT2D eigenvalue weighted by Gasteiger charge is -2.45. The molecule has 1 aliphatic carbocycles. The lowest BCUT2D eigenvalue weighted by atomic mass is 9.60. The molecule has 0 amide bonds. The van der Waals surface area contributed by atoms with E-state index >= 15 is 0 Å². The van der Waals surface area contributed by atoms with Gasteiger partial charge < -0.3 is 9.47 Å². The molecule has 0 N–H and O–H groups in total. The molecule has 1 saturated carbocycles. The predicted octanol–water partition coefficient (Wildman–Crippen LogP) is 4.45. The van der Waals surface area contributed by atoms with Crippen molar-refractivity contribution in [3.63, 3.8) is 0 Å². The zero-order valence-electron chi connectivity index (χ0n) is 14.5. The van der Waals surface area contributed by atoms with Crippen molar-refractivity contribution < 1.29 is 14.3 Å². The molecule has 1 aliphatic rings. The van der Waals surface area contributed by atoms with Crippen molar-refractivity contribution in [2.24, 2.45) is 5.92 Å². The number of esters is 1. The van der Waals surface area contributed by atoms with Crippen LogP contribution in [0.2, 0.25) is 0 Å². The number of methoxy groups -OCH3 is 1. The summed E-state index contributed by atoms with van der Waals surface area (Å²) in [7, 11) is 1.68. The molecule has 3 rings (SSSR count). The van der Waals surface area contributed by atoms with Crippen LogP contribution in [0.3, 0.4) is 0 Å². The van der Waals surface area contributed by atoms with Crippen LogP contribution in [-0.4, -0.2) is 19.7 Å². The third-order valence-corrected chi connectivity index (χ3v) is 5.00. The van der Waals surface area contributed by atoms with Gasteiger partial charge in [-0.3, -0.25) is 4.79 Å². The van der Waals surface area contributed by atoms with Gasteiger partial charge in [0.15, 0.2) is 0 Å². The summed E-state index contributed by atoms with van der Waals surface area (Å²) in [6.07, 6.45) is 1.05. The molecule has 3 nitrogen and oxygen atoms in total. The van der Waals surface area contributed by atoms with Crippen molar-refractivity contribution in [1.29, 1.82) is 0 Å². The number of ether oxygens (including phenoxy) is 2. The van der Waals surface area contributed by atoms with Crippen molar-refractivity contribution in [3.8, 4) is 5.75 Å². The minimum absolute atomic E-state index is 0.206. The van der Waals surface area contributed by atoms with E-state index in [0.717, 1.165) is 12.2 Å². The summed E-state index contributed by atoms with van der Waals surface area (Å²) in [5.74, 6) is 1.87.